The van der Waals surface area contributed by atoms with Crippen LogP contribution in [0.2, 0.25) is 5.15 Å². The molecule has 0 atom stereocenters. The van der Waals surface area contributed by atoms with Gasteiger partial charge in [-0.3, -0.25) is 0 Å². The number of ether oxygens (including phenoxy) is 2. The molecule has 0 aromatic carbocycles. The third-order valence-corrected chi connectivity index (χ3v) is 1.83. The van der Waals surface area contributed by atoms with Gasteiger partial charge in [-0.15, -0.1) is 13.2 Å². The number of pyridine rings is 1. The van der Waals surface area contributed by atoms with Crippen molar-refractivity contribution in [3.05, 3.63) is 16.9 Å². The average Bonchev–Trinajstić information content (AvgIpc) is 2.14. The van der Waals surface area contributed by atoms with Crippen LogP contribution in [0, 0.1) is 0 Å². The summed E-state index contributed by atoms with van der Waals surface area (Å²) in [6, 6.07) is 0.420. The molecule has 96 valence electrons. The first kappa shape index (κ1) is 13.8. The van der Waals surface area contributed by atoms with Crippen LogP contribution in [0.1, 0.15) is 12.1 Å². The van der Waals surface area contributed by atoms with Crippen molar-refractivity contribution in [2.75, 3.05) is 7.11 Å². The van der Waals surface area contributed by atoms with Crippen LogP contribution in [-0.2, 0) is 0 Å². The molecule has 0 radical (unpaired) electrons. The Bertz CT molecular complexity index is 410. The fraction of sp³-hybridized carbons (Fsp3) is 0.375. The second-order valence-corrected chi connectivity index (χ2v) is 3.08. The van der Waals surface area contributed by atoms with E-state index >= 15 is 0 Å². The number of alkyl halides is 5. The first-order valence-electron chi connectivity index (χ1n) is 4.03. The first-order valence-corrected chi connectivity index (χ1v) is 4.40. The lowest BCUT2D eigenvalue weighted by atomic mass is 10.3. The summed E-state index contributed by atoms with van der Waals surface area (Å²) >= 11 is 5.39. The molecule has 17 heavy (non-hydrogen) atoms. The average molecular weight is 278 g/mol. The summed E-state index contributed by atoms with van der Waals surface area (Å²) in [6.07, 6.45) is -8.12. The van der Waals surface area contributed by atoms with Crippen molar-refractivity contribution >= 4 is 11.6 Å². The van der Waals surface area contributed by atoms with Gasteiger partial charge in [0.05, 0.1) is 7.11 Å². The molecule has 0 N–H and O–H groups in total. The minimum atomic E-state index is -5.04. The van der Waals surface area contributed by atoms with Crippen molar-refractivity contribution in [2.24, 2.45) is 0 Å². The molecule has 1 rings (SSSR count). The van der Waals surface area contributed by atoms with E-state index in [2.05, 4.69) is 14.5 Å². The summed E-state index contributed by atoms with van der Waals surface area (Å²) in [5.41, 5.74) is -0.935. The molecule has 0 spiro atoms. The molecule has 0 unspecified atom stereocenters. The van der Waals surface area contributed by atoms with Crippen LogP contribution < -0.4 is 9.47 Å². The number of aromatic nitrogens is 1. The third-order valence-electron chi connectivity index (χ3n) is 1.57. The topological polar surface area (TPSA) is 31.4 Å². The molecule has 9 heteroatoms. The van der Waals surface area contributed by atoms with E-state index in [1.54, 1.807) is 0 Å². The molecule has 0 amide bonds. The fourth-order valence-corrected chi connectivity index (χ4v) is 1.26. The Morgan fingerprint density at radius 3 is 2.35 bits per heavy atom. The van der Waals surface area contributed by atoms with E-state index in [0.717, 1.165) is 7.11 Å². The predicted molar refractivity (Wildman–Crippen MR) is 47.4 cm³/mol. The van der Waals surface area contributed by atoms with Gasteiger partial charge >= 0.3 is 6.36 Å². The van der Waals surface area contributed by atoms with E-state index in [-0.39, 0.29) is 0 Å². The van der Waals surface area contributed by atoms with Gasteiger partial charge in [0.15, 0.2) is 16.7 Å². The highest BCUT2D eigenvalue weighted by atomic mass is 35.5. The zero-order chi connectivity index (χ0) is 13.2. The van der Waals surface area contributed by atoms with Crippen molar-refractivity contribution < 1.29 is 31.4 Å². The van der Waals surface area contributed by atoms with Crippen molar-refractivity contribution in [3.8, 4) is 11.5 Å². The van der Waals surface area contributed by atoms with Crippen LogP contribution in [0.5, 0.6) is 11.5 Å². The van der Waals surface area contributed by atoms with Crippen LogP contribution in [0.15, 0.2) is 6.07 Å². The molecule has 1 aromatic rings. The SMILES string of the molecule is COc1c(OC(F)(F)F)cc(C(F)F)nc1Cl. The Morgan fingerprint density at radius 2 is 1.94 bits per heavy atom. The molecule has 1 heterocycles. The van der Waals surface area contributed by atoms with E-state index < -0.39 is 35.1 Å². The van der Waals surface area contributed by atoms with E-state index in [1.807, 2.05) is 0 Å². The molecule has 0 fully saturated rings. The lowest BCUT2D eigenvalue weighted by Gasteiger charge is -2.14. The number of hydrogen-bond acceptors (Lipinski definition) is 3. The van der Waals surface area contributed by atoms with Gasteiger partial charge in [0, 0.05) is 6.07 Å². The predicted octanol–water partition coefficient (Wildman–Crippen LogP) is 3.58. The van der Waals surface area contributed by atoms with Gasteiger partial charge in [0.25, 0.3) is 6.43 Å². The maximum absolute atomic E-state index is 12.3. The summed E-state index contributed by atoms with van der Waals surface area (Å²) in [5.74, 6) is -1.52. The summed E-state index contributed by atoms with van der Waals surface area (Å²) < 4.78 is 68.6. The van der Waals surface area contributed by atoms with E-state index in [0.29, 0.717) is 6.07 Å². The maximum atomic E-state index is 12.3. The minimum absolute atomic E-state index is 0.420. The Morgan fingerprint density at radius 1 is 1.35 bits per heavy atom. The Labute approximate surface area is 97.1 Å². The number of nitrogens with zero attached hydrogens (tertiary/aromatic N) is 1. The van der Waals surface area contributed by atoms with Crippen LogP contribution in [0.25, 0.3) is 0 Å². The van der Waals surface area contributed by atoms with Crippen molar-refractivity contribution in [1.82, 2.24) is 4.98 Å². The summed E-state index contributed by atoms with van der Waals surface area (Å²) in [5, 5.41) is -0.635. The standard InChI is InChI=1S/C8H5ClF5NO2/c1-16-5-4(17-8(12,13)14)2-3(7(10)11)15-6(5)9/h2,7H,1H3. The lowest BCUT2D eigenvalue weighted by molar-refractivity contribution is -0.275. The smallest absolute Gasteiger partial charge is 0.490 e. The van der Waals surface area contributed by atoms with Gasteiger partial charge in [-0.05, 0) is 0 Å². The maximum Gasteiger partial charge on any atom is 0.573 e. The molecular weight excluding hydrogens is 273 g/mol. The van der Waals surface area contributed by atoms with Crippen molar-refractivity contribution in [3.63, 3.8) is 0 Å². The van der Waals surface area contributed by atoms with Gasteiger partial charge in [0.2, 0.25) is 0 Å². The van der Waals surface area contributed by atoms with Crippen LogP contribution in [-0.4, -0.2) is 18.5 Å². The van der Waals surface area contributed by atoms with Crippen molar-refractivity contribution in [2.45, 2.75) is 12.8 Å². The highest BCUT2D eigenvalue weighted by molar-refractivity contribution is 6.31. The van der Waals surface area contributed by atoms with Crippen molar-refractivity contribution in [1.29, 1.82) is 0 Å². The van der Waals surface area contributed by atoms with Crippen LogP contribution >= 0.6 is 11.6 Å². The van der Waals surface area contributed by atoms with Gasteiger partial charge in [-0.1, -0.05) is 11.6 Å². The molecule has 0 aliphatic carbocycles. The highest BCUT2D eigenvalue weighted by Gasteiger charge is 2.34. The monoisotopic (exact) mass is 277 g/mol. The van der Waals surface area contributed by atoms with Gasteiger partial charge in [-0.2, -0.15) is 0 Å². The van der Waals surface area contributed by atoms with E-state index in [1.165, 1.54) is 0 Å². The largest absolute Gasteiger partial charge is 0.573 e. The first-order chi connectivity index (χ1) is 7.74. The molecule has 0 aliphatic rings. The summed E-state index contributed by atoms with van der Waals surface area (Å²) in [4.78, 5) is 3.18. The molecular formula is C8H5ClF5NO2. The molecule has 0 bridgehead atoms. The Kier molecular flexibility index (Phi) is 3.97. The molecule has 0 saturated heterocycles. The van der Waals surface area contributed by atoms with E-state index in [4.69, 9.17) is 11.6 Å². The van der Waals surface area contributed by atoms with Gasteiger partial charge < -0.3 is 9.47 Å². The summed E-state index contributed by atoms with van der Waals surface area (Å²) in [6.45, 7) is 0. The zero-order valence-electron chi connectivity index (χ0n) is 8.19. The minimum Gasteiger partial charge on any atom is -0.490 e. The molecule has 1 aromatic heterocycles. The second kappa shape index (κ2) is 4.91. The summed E-state index contributed by atoms with van der Waals surface area (Å²) in [7, 11) is 1.01. The normalized spacial score (nSPS) is 11.8. The number of rotatable bonds is 3. The number of hydrogen-bond donors (Lipinski definition) is 0. The fourth-order valence-electron chi connectivity index (χ4n) is 0.995. The molecule has 0 aliphatic heterocycles. The number of methoxy groups -OCH3 is 1. The lowest BCUT2D eigenvalue weighted by Crippen LogP contribution is -2.18. The Hall–Kier alpha value is -1.31. The number of halogens is 6. The van der Waals surface area contributed by atoms with Crippen LogP contribution in [0.3, 0.4) is 0 Å². The van der Waals surface area contributed by atoms with E-state index in [9.17, 15) is 22.0 Å². The Balaban J connectivity index is 3.24. The third kappa shape index (κ3) is 3.58. The van der Waals surface area contributed by atoms with Gasteiger partial charge in [-0.25, -0.2) is 13.8 Å². The second-order valence-electron chi connectivity index (χ2n) is 2.72. The zero-order valence-corrected chi connectivity index (χ0v) is 8.94. The highest BCUT2D eigenvalue weighted by Crippen LogP contribution is 2.38. The van der Waals surface area contributed by atoms with Crippen LogP contribution in [0.4, 0.5) is 22.0 Å². The molecule has 0 saturated carbocycles. The molecule has 3 nitrogen and oxygen atoms in total. The van der Waals surface area contributed by atoms with Gasteiger partial charge in [0.1, 0.15) is 5.69 Å². The quantitative estimate of drug-likeness (QED) is 0.625.